The third-order valence-corrected chi connectivity index (χ3v) is 3.47. The van der Waals surface area contributed by atoms with Gasteiger partial charge in [-0.15, -0.1) is 0 Å². The van der Waals surface area contributed by atoms with Crippen LogP contribution in [0.1, 0.15) is 38.8 Å². The lowest BCUT2D eigenvalue weighted by Gasteiger charge is -2.22. The number of likely N-dealkylation sites (N-methyl/N-ethyl adjacent to an activating group) is 1. The van der Waals surface area contributed by atoms with Crippen LogP contribution in [0.4, 0.5) is 0 Å². The first-order valence-electron chi connectivity index (χ1n) is 7.31. The van der Waals surface area contributed by atoms with Crippen LogP contribution in [0.25, 0.3) is 0 Å². The summed E-state index contributed by atoms with van der Waals surface area (Å²) in [5, 5.41) is 3.58. The van der Waals surface area contributed by atoms with Gasteiger partial charge in [0.2, 0.25) is 0 Å². The van der Waals surface area contributed by atoms with Gasteiger partial charge in [0.1, 0.15) is 5.75 Å². The fourth-order valence-corrected chi connectivity index (χ4v) is 2.32. The average molecular weight is 264 g/mol. The Hall–Kier alpha value is -1.06. The molecule has 0 aliphatic rings. The normalized spacial score (nSPS) is 12.7. The Kier molecular flexibility index (Phi) is 7.53. The van der Waals surface area contributed by atoms with Gasteiger partial charge < -0.3 is 15.0 Å². The second-order valence-corrected chi connectivity index (χ2v) is 4.85. The maximum Gasteiger partial charge on any atom is 0.123 e. The van der Waals surface area contributed by atoms with E-state index in [-0.39, 0.29) is 0 Å². The molecule has 0 aliphatic heterocycles. The van der Waals surface area contributed by atoms with Gasteiger partial charge in [-0.1, -0.05) is 32.0 Å². The summed E-state index contributed by atoms with van der Waals surface area (Å²) in [5.74, 6) is 0.961. The van der Waals surface area contributed by atoms with E-state index in [1.807, 2.05) is 12.1 Å². The summed E-state index contributed by atoms with van der Waals surface area (Å²) in [6, 6.07) is 8.53. The summed E-state index contributed by atoms with van der Waals surface area (Å²) in [7, 11) is 1.73. The fourth-order valence-electron chi connectivity index (χ4n) is 2.32. The Bertz CT molecular complexity index is 354. The largest absolute Gasteiger partial charge is 0.496 e. The van der Waals surface area contributed by atoms with Crippen molar-refractivity contribution in [3.05, 3.63) is 29.8 Å². The molecule has 1 N–H and O–H groups in total. The summed E-state index contributed by atoms with van der Waals surface area (Å²) in [6.45, 7) is 11.1. The molecule has 0 saturated heterocycles. The van der Waals surface area contributed by atoms with E-state index in [1.54, 1.807) is 7.11 Å². The molecule has 1 rings (SSSR count). The van der Waals surface area contributed by atoms with Gasteiger partial charge in [-0.25, -0.2) is 0 Å². The first kappa shape index (κ1) is 16.0. The highest BCUT2D eigenvalue weighted by atomic mass is 16.5. The molecule has 0 aliphatic carbocycles. The quantitative estimate of drug-likeness (QED) is 0.742. The topological polar surface area (TPSA) is 24.5 Å². The van der Waals surface area contributed by atoms with E-state index in [2.05, 4.69) is 43.1 Å². The zero-order valence-electron chi connectivity index (χ0n) is 12.8. The number of nitrogens with one attached hydrogen (secondary N) is 1. The van der Waals surface area contributed by atoms with Gasteiger partial charge in [0, 0.05) is 24.7 Å². The molecular formula is C16H28N2O. The van der Waals surface area contributed by atoms with E-state index in [4.69, 9.17) is 4.74 Å². The summed E-state index contributed by atoms with van der Waals surface area (Å²) >= 11 is 0. The minimum atomic E-state index is 0.316. The molecular weight excluding hydrogens is 236 g/mol. The van der Waals surface area contributed by atoms with Gasteiger partial charge in [-0.2, -0.15) is 0 Å². The van der Waals surface area contributed by atoms with Crippen LogP contribution < -0.4 is 10.1 Å². The molecule has 0 aromatic heterocycles. The number of rotatable bonds is 9. The molecule has 108 valence electrons. The maximum atomic E-state index is 5.40. The molecule has 0 radical (unpaired) electrons. The van der Waals surface area contributed by atoms with Crippen LogP contribution in [-0.2, 0) is 0 Å². The molecule has 0 amide bonds. The molecule has 0 spiro atoms. The Morgan fingerprint density at radius 1 is 1.21 bits per heavy atom. The molecule has 3 nitrogen and oxygen atoms in total. The van der Waals surface area contributed by atoms with E-state index >= 15 is 0 Å². The van der Waals surface area contributed by atoms with Crippen LogP contribution in [-0.4, -0.2) is 38.2 Å². The second-order valence-electron chi connectivity index (χ2n) is 4.85. The van der Waals surface area contributed by atoms with Crippen LogP contribution in [0.15, 0.2) is 24.3 Å². The maximum absolute atomic E-state index is 5.40. The van der Waals surface area contributed by atoms with Gasteiger partial charge in [0.25, 0.3) is 0 Å². The van der Waals surface area contributed by atoms with Crippen LogP contribution in [0.3, 0.4) is 0 Å². The summed E-state index contributed by atoms with van der Waals surface area (Å²) < 4.78 is 5.40. The van der Waals surface area contributed by atoms with E-state index in [0.717, 1.165) is 25.4 Å². The first-order chi connectivity index (χ1) is 9.22. The second kappa shape index (κ2) is 8.94. The fraction of sp³-hybridized carbons (Fsp3) is 0.625. The predicted molar refractivity (Wildman–Crippen MR) is 81.8 cm³/mol. The van der Waals surface area contributed by atoms with Gasteiger partial charge in [-0.05, 0) is 32.5 Å². The van der Waals surface area contributed by atoms with Crippen molar-refractivity contribution in [1.29, 1.82) is 0 Å². The minimum absolute atomic E-state index is 0.316. The van der Waals surface area contributed by atoms with Crippen molar-refractivity contribution in [3.8, 4) is 5.75 Å². The lowest BCUT2D eigenvalue weighted by atomic mass is 10.1. The SMILES string of the molecule is CCCN(CC)CCNC(C)c1ccccc1OC. The molecule has 1 unspecified atom stereocenters. The monoisotopic (exact) mass is 264 g/mol. The Balaban J connectivity index is 2.44. The van der Waals surface area contributed by atoms with Crippen LogP contribution in [0, 0.1) is 0 Å². The lowest BCUT2D eigenvalue weighted by molar-refractivity contribution is 0.283. The van der Waals surface area contributed by atoms with E-state index in [1.165, 1.54) is 18.5 Å². The van der Waals surface area contributed by atoms with Crippen molar-refractivity contribution >= 4 is 0 Å². The molecule has 0 fully saturated rings. The van der Waals surface area contributed by atoms with Crippen molar-refractivity contribution in [1.82, 2.24) is 10.2 Å². The van der Waals surface area contributed by atoms with Gasteiger partial charge in [0.05, 0.1) is 7.11 Å². The smallest absolute Gasteiger partial charge is 0.123 e. The zero-order chi connectivity index (χ0) is 14.1. The molecule has 1 atom stereocenters. The van der Waals surface area contributed by atoms with Gasteiger partial charge >= 0.3 is 0 Å². The van der Waals surface area contributed by atoms with E-state index in [9.17, 15) is 0 Å². The molecule has 0 bridgehead atoms. The van der Waals surface area contributed by atoms with E-state index in [0.29, 0.717) is 6.04 Å². The standard InChI is InChI=1S/C16H28N2O/c1-5-12-18(6-2)13-11-17-14(3)15-9-7-8-10-16(15)19-4/h7-10,14,17H,5-6,11-13H2,1-4H3. The molecule has 1 aromatic carbocycles. The molecule has 0 saturated carbocycles. The number of methoxy groups -OCH3 is 1. The van der Waals surface area contributed by atoms with Crippen molar-refractivity contribution in [2.75, 3.05) is 33.3 Å². The summed E-state index contributed by atoms with van der Waals surface area (Å²) in [4.78, 5) is 2.47. The highest BCUT2D eigenvalue weighted by Gasteiger charge is 2.10. The van der Waals surface area contributed by atoms with E-state index < -0.39 is 0 Å². The number of nitrogens with zero attached hydrogens (tertiary/aromatic N) is 1. The Labute approximate surface area is 118 Å². The van der Waals surface area contributed by atoms with Crippen molar-refractivity contribution in [2.24, 2.45) is 0 Å². The van der Waals surface area contributed by atoms with Crippen LogP contribution >= 0.6 is 0 Å². The first-order valence-corrected chi connectivity index (χ1v) is 7.31. The summed E-state index contributed by atoms with van der Waals surface area (Å²) in [5.41, 5.74) is 1.23. The highest BCUT2D eigenvalue weighted by molar-refractivity contribution is 5.35. The third kappa shape index (κ3) is 5.21. The van der Waals surface area contributed by atoms with Gasteiger partial charge in [0.15, 0.2) is 0 Å². The summed E-state index contributed by atoms with van der Waals surface area (Å²) in [6.07, 6.45) is 1.22. The lowest BCUT2D eigenvalue weighted by Crippen LogP contribution is -2.33. The van der Waals surface area contributed by atoms with Crippen LogP contribution in [0.2, 0.25) is 0 Å². The van der Waals surface area contributed by atoms with Crippen molar-refractivity contribution in [3.63, 3.8) is 0 Å². The predicted octanol–water partition coefficient (Wildman–Crippen LogP) is 3.08. The van der Waals surface area contributed by atoms with Gasteiger partial charge in [-0.3, -0.25) is 0 Å². The Morgan fingerprint density at radius 3 is 2.58 bits per heavy atom. The number of benzene rings is 1. The highest BCUT2D eigenvalue weighted by Crippen LogP contribution is 2.23. The average Bonchev–Trinajstić information content (AvgIpc) is 2.46. The van der Waals surface area contributed by atoms with Crippen LogP contribution in [0.5, 0.6) is 5.75 Å². The van der Waals surface area contributed by atoms with Crippen molar-refractivity contribution in [2.45, 2.75) is 33.2 Å². The number of ether oxygens (including phenoxy) is 1. The molecule has 3 heteroatoms. The number of hydrogen-bond acceptors (Lipinski definition) is 3. The molecule has 1 aromatic rings. The Morgan fingerprint density at radius 2 is 1.95 bits per heavy atom. The number of para-hydroxylation sites is 1. The third-order valence-electron chi connectivity index (χ3n) is 3.47. The van der Waals surface area contributed by atoms with Crippen molar-refractivity contribution < 1.29 is 4.74 Å². The molecule has 19 heavy (non-hydrogen) atoms. The minimum Gasteiger partial charge on any atom is -0.496 e. The molecule has 0 heterocycles. The zero-order valence-corrected chi connectivity index (χ0v) is 12.8. The number of hydrogen-bond donors (Lipinski definition) is 1.